The van der Waals surface area contributed by atoms with Crippen LogP contribution in [0.2, 0.25) is 0 Å². The normalized spacial score (nSPS) is 10.3. The number of carbonyl (C=O) groups excluding carboxylic acids is 1. The highest BCUT2D eigenvalue weighted by Gasteiger charge is 2.17. The van der Waals surface area contributed by atoms with Gasteiger partial charge in [-0.15, -0.1) is 0 Å². The summed E-state index contributed by atoms with van der Waals surface area (Å²) in [4.78, 5) is 23.2. The molecule has 0 saturated carbocycles. The summed E-state index contributed by atoms with van der Waals surface area (Å²) in [5, 5.41) is 9.25. The van der Waals surface area contributed by atoms with Gasteiger partial charge in [0, 0.05) is 18.9 Å². The van der Waals surface area contributed by atoms with Crippen molar-refractivity contribution in [3.8, 4) is 17.0 Å². The molecular weight excluding hydrogens is 302 g/mol. The molecule has 1 aromatic heterocycles. The van der Waals surface area contributed by atoms with Crippen LogP contribution in [0.4, 0.5) is 4.79 Å². The molecule has 1 aromatic carbocycles. The molecule has 7 nitrogen and oxygen atoms in total. The van der Waals surface area contributed by atoms with Crippen LogP contribution in [0, 0.1) is 0 Å². The van der Waals surface area contributed by atoms with Crippen molar-refractivity contribution in [2.24, 2.45) is 0 Å². The molecule has 7 heteroatoms. The zero-order chi connectivity index (χ0) is 16.8. The van der Waals surface area contributed by atoms with Crippen molar-refractivity contribution < 1.29 is 28.9 Å². The Hall–Kier alpha value is -2.80. The average Bonchev–Trinajstić information content (AvgIpc) is 3.02. The number of ether oxygens (including phenoxy) is 3. The molecule has 1 heterocycles. The quantitative estimate of drug-likeness (QED) is 0.651. The molecule has 0 amide bonds. The van der Waals surface area contributed by atoms with Gasteiger partial charge in [0.15, 0.2) is 6.79 Å². The van der Waals surface area contributed by atoms with Gasteiger partial charge < -0.3 is 19.3 Å². The number of methoxy groups -OCH3 is 1. The van der Waals surface area contributed by atoms with Gasteiger partial charge in [0.1, 0.15) is 5.75 Å². The molecular formula is C16H17NO6. The fourth-order valence-electron chi connectivity index (χ4n) is 2.09. The van der Waals surface area contributed by atoms with Crippen LogP contribution in [0.5, 0.6) is 5.75 Å². The van der Waals surface area contributed by atoms with Gasteiger partial charge in [0.25, 0.3) is 0 Å². The maximum atomic E-state index is 11.9. The number of benzene rings is 1. The first-order valence-electron chi connectivity index (χ1n) is 6.92. The van der Waals surface area contributed by atoms with E-state index in [0.717, 1.165) is 4.57 Å². The Bertz CT molecular complexity index is 706. The molecule has 2 aromatic rings. The van der Waals surface area contributed by atoms with E-state index in [4.69, 9.17) is 14.2 Å². The molecule has 23 heavy (non-hydrogen) atoms. The van der Waals surface area contributed by atoms with Crippen molar-refractivity contribution in [1.82, 2.24) is 4.57 Å². The Balaban J connectivity index is 2.51. The third-order valence-corrected chi connectivity index (χ3v) is 3.05. The number of esters is 1. The van der Waals surface area contributed by atoms with Gasteiger partial charge in [-0.1, -0.05) is 0 Å². The minimum Gasteiger partial charge on any atom is -0.467 e. The number of rotatable bonds is 6. The van der Waals surface area contributed by atoms with Crippen LogP contribution in [0.25, 0.3) is 11.3 Å². The summed E-state index contributed by atoms with van der Waals surface area (Å²) < 4.78 is 16.4. The van der Waals surface area contributed by atoms with E-state index in [9.17, 15) is 14.7 Å². The average molecular weight is 319 g/mol. The largest absolute Gasteiger partial charge is 0.467 e. The fourth-order valence-corrected chi connectivity index (χ4v) is 2.09. The molecule has 0 aliphatic rings. The van der Waals surface area contributed by atoms with E-state index in [-0.39, 0.29) is 13.4 Å². The summed E-state index contributed by atoms with van der Waals surface area (Å²) >= 11 is 0. The number of nitrogens with zero attached hydrogens (tertiary/aromatic N) is 1. The van der Waals surface area contributed by atoms with Crippen LogP contribution in [0.1, 0.15) is 17.3 Å². The Kier molecular flexibility index (Phi) is 5.37. The van der Waals surface area contributed by atoms with Crippen LogP contribution in [-0.2, 0) is 9.47 Å². The molecule has 0 bridgehead atoms. The second kappa shape index (κ2) is 7.46. The number of carboxylic acid groups (broad SMARTS) is 1. The molecule has 0 unspecified atom stereocenters. The van der Waals surface area contributed by atoms with E-state index >= 15 is 0 Å². The van der Waals surface area contributed by atoms with E-state index in [2.05, 4.69) is 0 Å². The first-order chi connectivity index (χ1) is 11.1. The van der Waals surface area contributed by atoms with Crippen molar-refractivity contribution in [3.63, 3.8) is 0 Å². The van der Waals surface area contributed by atoms with Gasteiger partial charge in [0.05, 0.1) is 17.9 Å². The SMILES string of the molecule is CCOC(=O)c1ccc(OCOC)c(-c2cccn2C(=O)O)c1. The molecule has 0 fully saturated rings. The molecule has 0 atom stereocenters. The van der Waals surface area contributed by atoms with Crippen LogP contribution in [-0.4, -0.2) is 42.2 Å². The van der Waals surface area contributed by atoms with Gasteiger partial charge in [0.2, 0.25) is 0 Å². The lowest BCUT2D eigenvalue weighted by molar-refractivity contribution is 0.0511. The predicted octanol–water partition coefficient (Wildman–Crippen LogP) is 2.84. The summed E-state index contributed by atoms with van der Waals surface area (Å²) in [5.41, 5.74) is 1.15. The number of carbonyl (C=O) groups is 2. The Morgan fingerprint density at radius 3 is 2.70 bits per heavy atom. The minimum atomic E-state index is -1.13. The highest BCUT2D eigenvalue weighted by atomic mass is 16.7. The molecule has 0 saturated heterocycles. The van der Waals surface area contributed by atoms with Crippen LogP contribution in [0.3, 0.4) is 0 Å². The Labute approximate surface area is 133 Å². The van der Waals surface area contributed by atoms with E-state index < -0.39 is 12.1 Å². The second-order valence-corrected chi connectivity index (χ2v) is 4.53. The summed E-state index contributed by atoms with van der Waals surface area (Å²) in [5.74, 6) is -0.0819. The van der Waals surface area contributed by atoms with Gasteiger partial charge in [-0.25, -0.2) is 9.59 Å². The van der Waals surface area contributed by atoms with Gasteiger partial charge in [-0.2, -0.15) is 0 Å². The number of hydrogen-bond acceptors (Lipinski definition) is 5. The zero-order valence-electron chi connectivity index (χ0n) is 12.8. The molecule has 122 valence electrons. The highest BCUT2D eigenvalue weighted by molar-refractivity contribution is 5.92. The maximum absolute atomic E-state index is 11.9. The molecule has 0 aliphatic carbocycles. The second-order valence-electron chi connectivity index (χ2n) is 4.53. The van der Waals surface area contributed by atoms with Gasteiger partial charge in [-0.05, 0) is 37.3 Å². The first kappa shape index (κ1) is 16.6. The van der Waals surface area contributed by atoms with Gasteiger partial charge in [-0.3, -0.25) is 4.57 Å². The highest BCUT2D eigenvalue weighted by Crippen LogP contribution is 2.32. The van der Waals surface area contributed by atoms with Crippen LogP contribution < -0.4 is 4.74 Å². The van der Waals surface area contributed by atoms with Crippen molar-refractivity contribution in [3.05, 3.63) is 42.1 Å². The summed E-state index contributed by atoms with van der Waals surface area (Å²) in [7, 11) is 1.48. The Morgan fingerprint density at radius 2 is 2.04 bits per heavy atom. The lowest BCUT2D eigenvalue weighted by Crippen LogP contribution is -2.10. The standard InChI is InChI=1S/C16H17NO6/c1-3-22-15(18)11-6-7-14(23-10-21-2)12(9-11)13-5-4-8-17(13)16(19)20/h4-9H,3,10H2,1-2H3,(H,19,20). The summed E-state index contributed by atoms with van der Waals surface area (Å²) in [6.07, 6.45) is 0.277. The number of aromatic nitrogens is 1. The van der Waals surface area contributed by atoms with Crippen LogP contribution in [0.15, 0.2) is 36.5 Å². The van der Waals surface area contributed by atoms with E-state index in [1.807, 2.05) is 0 Å². The van der Waals surface area contributed by atoms with Crippen molar-refractivity contribution in [2.75, 3.05) is 20.5 Å². The van der Waals surface area contributed by atoms with Crippen LogP contribution >= 0.6 is 0 Å². The summed E-state index contributed by atoms with van der Waals surface area (Å²) in [6.45, 7) is 1.96. The topological polar surface area (TPSA) is 87.0 Å². The van der Waals surface area contributed by atoms with Gasteiger partial charge >= 0.3 is 12.1 Å². The number of hydrogen-bond donors (Lipinski definition) is 1. The molecule has 0 radical (unpaired) electrons. The Morgan fingerprint density at radius 1 is 1.26 bits per heavy atom. The maximum Gasteiger partial charge on any atom is 0.416 e. The van der Waals surface area contributed by atoms with Crippen molar-refractivity contribution in [2.45, 2.75) is 6.92 Å². The van der Waals surface area contributed by atoms with E-state index in [1.54, 1.807) is 31.2 Å². The van der Waals surface area contributed by atoms with Crippen molar-refractivity contribution >= 4 is 12.1 Å². The van der Waals surface area contributed by atoms with E-state index in [0.29, 0.717) is 22.6 Å². The molecule has 0 aliphatic heterocycles. The minimum absolute atomic E-state index is 0.000463. The lowest BCUT2D eigenvalue weighted by Gasteiger charge is -2.13. The lowest BCUT2D eigenvalue weighted by atomic mass is 10.1. The smallest absolute Gasteiger partial charge is 0.416 e. The summed E-state index contributed by atoms with van der Waals surface area (Å²) in [6, 6.07) is 7.90. The predicted molar refractivity (Wildman–Crippen MR) is 81.8 cm³/mol. The molecule has 2 rings (SSSR count). The van der Waals surface area contributed by atoms with Crippen molar-refractivity contribution in [1.29, 1.82) is 0 Å². The first-order valence-corrected chi connectivity index (χ1v) is 6.92. The fraction of sp³-hybridized carbons (Fsp3) is 0.250. The third-order valence-electron chi connectivity index (χ3n) is 3.05. The zero-order valence-corrected chi connectivity index (χ0v) is 12.8. The molecule has 0 spiro atoms. The van der Waals surface area contributed by atoms with E-state index in [1.165, 1.54) is 19.4 Å². The molecule has 1 N–H and O–H groups in total. The monoisotopic (exact) mass is 319 g/mol. The third kappa shape index (κ3) is 3.70.